The maximum Gasteiger partial charge on any atom is 0.0963 e. The Morgan fingerprint density at radius 3 is 2.93 bits per heavy atom. The van der Waals surface area contributed by atoms with E-state index in [0.29, 0.717) is 12.0 Å². The van der Waals surface area contributed by atoms with Gasteiger partial charge in [0, 0.05) is 18.0 Å². The van der Waals surface area contributed by atoms with E-state index >= 15 is 0 Å². The minimum Gasteiger partial charge on any atom is -0.374 e. The third-order valence-corrected chi connectivity index (χ3v) is 3.15. The van der Waals surface area contributed by atoms with E-state index in [2.05, 4.69) is 43.4 Å². The zero-order chi connectivity index (χ0) is 11.1. The molecule has 0 saturated heterocycles. The fraction of sp³-hybridized carbons (Fsp3) is 0.500. The highest BCUT2D eigenvalue weighted by Crippen LogP contribution is 2.22. The van der Waals surface area contributed by atoms with Crippen molar-refractivity contribution in [2.45, 2.75) is 24.8 Å². The average molecular weight is 225 g/mol. The Labute approximate surface area is 96.4 Å². The van der Waals surface area contributed by atoms with E-state index in [9.17, 15) is 0 Å². The minimum absolute atomic E-state index is 0.415. The number of thioether (sulfide) groups is 1. The molecule has 2 nitrogen and oxygen atoms in total. The number of rotatable bonds is 6. The summed E-state index contributed by atoms with van der Waals surface area (Å²) < 4.78 is 5.04. The van der Waals surface area contributed by atoms with Gasteiger partial charge in [0.15, 0.2) is 0 Å². The number of methoxy groups -OCH3 is 1. The predicted octanol–water partition coefficient (Wildman–Crippen LogP) is 3.05. The quantitative estimate of drug-likeness (QED) is 0.594. The second-order valence-corrected chi connectivity index (χ2v) is 4.40. The van der Waals surface area contributed by atoms with Crippen molar-refractivity contribution in [1.82, 2.24) is 5.32 Å². The van der Waals surface area contributed by atoms with Crippen LogP contribution in [0.25, 0.3) is 0 Å². The van der Waals surface area contributed by atoms with Gasteiger partial charge in [-0.25, -0.2) is 0 Å². The van der Waals surface area contributed by atoms with E-state index in [4.69, 9.17) is 4.74 Å². The summed E-state index contributed by atoms with van der Waals surface area (Å²) in [5, 5.41) is 3.40. The van der Waals surface area contributed by atoms with E-state index in [1.807, 2.05) is 0 Å². The second kappa shape index (κ2) is 6.88. The lowest BCUT2D eigenvalue weighted by Gasteiger charge is -2.13. The first-order valence-corrected chi connectivity index (χ1v) is 6.21. The van der Waals surface area contributed by atoms with Crippen LogP contribution < -0.4 is 5.32 Å². The van der Waals surface area contributed by atoms with Crippen LogP contribution in [0.1, 0.15) is 25.5 Å². The number of nitrogens with one attached hydrogen (secondary N) is 1. The Kier molecular flexibility index (Phi) is 5.76. The molecule has 1 unspecified atom stereocenters. The first kappa shape index (κ1) is 12.6. The molecule has 0 amide bonds. The second-order valence-electron chi connectivity index (χ2n) is 3.40. The van der Waals surface area contributed by atoms with E-state index in [1.54, 1.807) is 18.9 Å². The van der Waals surface area contributed by atoms with Crippen LogP contribution in [0.15, 0.2) is 29.2 Å². The molecular weight excluding hydrogens is 206 g/mol. The van der Waals surface area contributed by atoms with Gasteiger partial charge in [0.25, 0.3) is 0 Å². The van der Waals surface area contributed by atoms with Gasteiger partial charge in [-0.05, 0) is 31.2 Å². The average Bonchev–Trinajstić information content (AvgIpc) is 2.27. The Balaban J connectivity index is 2.64. The van der Waals surface area contributed by atoms with Crippen molar-refractivity contribution in [3.05, 3.63) is 29.8 Å². The Bertz CT molecular complexity index is 291. The van der Waals surface area contributed by atoms with Crippen molar-refractivity contribution in [3.8, 4) is 0 Å². The van der Waals surface area contributed by atoms with Gasteiger partial charge in [-0.1, -0.05) is 30.8 Å². The van der Waals surface area contributed by atoms with Gasteiger partial charge in [0.2, 0.25) is 0 Å². The van der Waals surface area contributed by atoms with Crippen molar-refractivity contribution in [2.24, 2.45) is 0 Å². The summed E-state index contributed by atoms with van der Waals surface area (Å²) in [5.41, 5.74) is 1.33. The van der Waals surface area contributed by atoms with Gasteiger partial charge in [-0.2, -0.15) is 0 Å². The lowest BCUT2D eigenvalue weighted by molar-refractivity contribution is 0.259. The van der Waals surface area contributed by atoms with Gasteiger partial charge in [0.05, 0.1) is 5.94 Å². The number of benzene rings is 1. The molecule has 1 aromatic carbocycles. The molecule has 1 aromatic rings. The highest BCUT2D eigenvalue weighted by molar-refractivity contribution is 7.99. The Morgan fingerprint density at radius 2 is 2.27 bits per heavy atom. The van der Waals surface area contributed by atoms with Crippen LogP contribution >= 0.6 is 11.8 Å². The zero-order valence-electron chi connectivity index (χ0n) is 9.62. The topological polar surface area (TPSA) is 21.3 Å². The molecule has 15 heavy (non-hydrogen) atoms. The molecule has 1 rings (SSSR count). The van der Waals surface area contributed by atoms with Gasteiger partial charge in [-0.15, -0.1) is 0 Å². The van der Waals surface area contributed by atoms with Gasteiger partial charge in [0.1, 0.15) is 0 Å². The Morgan fingerprint density at radius 1 is 1.47 bits per heavy atom. The van der Waals surface area contributed by atoms with Crippen LogP contribution in [0.3, 0.4) is 0 Å². The van der Waals surface area contributed by atoms with Crippen molar-refractivity contribution in [2.75, 3.05) is 19.6 Å². The van der Waals surface area contributed by atoms with E-state index in [-0.39, 0.29) is 0 Å². The molecule has 0 aliphatic heterocycles. The number of hydrogen-bond donors (Lipinski definition) is 1. The summed E-state index contributed by atoms with van der Waals surface area (Å²) in [6.07, 6.45) is 0. The fourth-order valence-electron chi connectivity index (χ4n) is 1.42. The van der Waals surface area contributed by atoms with Gasteiger partial charge >= 0.3 is 0 Å². The van der Waals surface area contributed by atoms with E-state index in [0.717, 1.165) is 6.54 Å². The summed E-state index contributed by atoms with van der Waals surface area (Å²) in [5.74, 6) is 0.707. The molecule has 0 aromatic heterocycles. The molecule has 0 saturated carbocycles. The summed E-state index contributed by atoms with van der Waals surface area (Å²) in [6, 6.07) is 9.01. The highest BCUT2D eigenvalue weighted by atomic mass is 32.2. The molecule has 0 radical (unpaired) electrons. The predicted molar refractivity (Wildman–Crippen MR) is 66.3 cm³/mol. The standard InChI is InChI=1S/C12H19NOS/c1-4-13-10(2)11-6-5-7-12(8-11)15-9-14-3/h5-8,10,13H,4,9H2,1-3H3. The first-order valence-electron chi connectivity index (χ1n) is 5.23. The van der Waals surface area contributed by atoms with Crippen LogP contribution in [-0.4, -0.2) is 19.6 Å². The minimum atomic E-state index is 0.415. The molecule has 0 spiro atoms. The van der Waals surface area contributed by atoms with Crippen LogP contribution in [0, 0.1) is 0 Å². The molecule has 0 heterocycles. The molecule has 0 aliphatic rings. The molecular formula is C12H19NOS. The fourth-order valence-corrected chi connectivity index (χ4v) is 2.07. The van der Waals surface area contributed by atoms with E-state index < -0.39 is 0 Å². The summed E-state index contributed by atoms with van der Waals surface area (Å²) in [7, 11) is 1.72. The number of hydrogen-bond acceptors (Lipinski definition) is 3. The third-order valence-electron chi connectivity index (χ3n) is 2.21. The third kappa shape index (κ3) is 4.24. The van der Waals surface area contributed by atoms with Crippen molar-refractivity contribution >= 4 is 11.8 Å². The van der Waals surface area contributed by atoms with Crippen molar-refractivity contribution in [1.29, 1.82) is 0 Å². The van der Waals surface area contributed by atoms with E-state index in [1.165, 1.54) is 10.5 Å². The zero-order valence-corrected chi connectivity index (χ0v) is 10.4. The maximum atomic E-state index is 5.04. The van der Waals surface area contributed by atoms with Crippen LogP contribution in [0.4, 0.5) is 0 Å². The summed E-state index contributed by atoms with van der Waals surface area (Å²) in [4.78, 5) is 1.26. The molecule has 3 heteroatoms. The van der Waals surface area contributed by atoms with Crippen molar-refractivity contribution < 1.29 is 4.74 Å². The van der Waals surface area contributed by atoms with Gasteiger partial charge < -0.3 is 10.1 Å². The lowest BCUT2D eigenvalue weighted by atomic mass is 10.1. The first-order chi connectivity index (χ1) is 7.27. The summed E-state index contributed by atoms with van der Waals surface area (Å²) >= 11 is 1.72. The molecule has 1 N–H and O–H groups in total. The smallest absolute Gasteiger partial charge is 0.0963 e. The van der Waals surface area contributed by atoms with Crippen LogP contribution in [0.5, 0.6) is 0 Å². The normalized spacial score (nSPS) is 12.7. The highest BCUT2D eigenvalue weighted by Gasteiger charge is 2.03. The largest absolute Gasteiger partial charge is 0.374 e. The molecule has 1 atom stereocenters. The van der Waals surface area contributed by atoms with Crippen molar-refractivity contribution in [3.63, 3.8) is 0 Å². The molecule has 0 aliphatic carbocycles. The SMILES string of the molecule is CCNC(C)c1cccc(SCOC)c1. The van der Waals surface area contributed by atoms with Gasteiger partial charge in [-0.3, -0.25) is 0 Å². The molecule has 0 fully saturated rings. The molecule has 0 bridgehead atoms. The maximum absolute atomic E-state index is 5.04. The lowest BCUT2D eigenvalue weighted by Crippen LogP contribution is -2.17. The Hall–Kier alpha value is -0.510. The van der Waals surface area contributed by atoms with Crippen LogP contribution in [0.2, 0.25) is 0 Å². The van der Waals surface area contributed by atoms with Crippen LogP contribution in [-0.2, 0) is 4.74 Å². The summed E-state index contributed by atoms with van der Waals surface area (Å²) in [6.45, 7) is 5.31. The monoisotopic (exact) mass is 225 g/mol. The number of ether oxygens (including phenoxy) is 1. The molecule has 84 valence electrons.